The first kappa shape index (κ1) is 14.5. The maximum atomic E-state index is 13.0. The van der Waals surface area contributed by atoms with Crippen molar-refractivity contribution in [3.63, 3.8) is 0 Å². The van der Waals surface area contributed by atoms with Crippen molar-refractivity contribution in [3.8, 4) is 6.07 Å². The molecule has 0 aliphatic carbocycles. The molecular weight excluding hydrogens is 276 g/mol. The molecule has 1 saturated heterocycles. The second kappa shape index (κ2) is 5.63. The molecule has 0 radical (unpaired) electrons. The first-order valence-electron chi connectivity index (χ1n) is 5.99. The van der Waals surface area contributed by atoms with E-state index in [0.29, 0.717) is 18.9 Å². The molecule has 1 aromatic heterocycles. The SMILES string of the molecule is N#Cc1cc(F)cnc1N1CCN(CC(F)(F)F)CC1. The number of nitrogens with zero attached hydrogens (tertiary/aromatic N) is 4. The Labute approximate surface area is 113 Å². The number of hydrogen-bond acceptors (Lipinski definition) is 4. The van der Waals surface area contributed by atoms with Gasteiger partial charge in [0.15, 0.2) is 0 Å². The van der Waals surface area contributed by atoms with Gasteiger partial charge in [-0.05, 0) is 6.07 Å². The van der Waals surface area contributed by atoms with Gasteiger partial charge >= 0.3 is 6.18 Å². The second-order valence-electron chi connectivity index (χ2n) is 4.51. The Morgan fingerprint density at radius 2 is 1.90 bits per heavy atom. The first-order chi connectivity index (χ1) is 9.39. The van der Waals surface area contributed by atoms with E-state index in [-0.39, 0.29) is 18.7 Å². The molecule has 0 unspecified atom stereocenters. The van der Waals surface area contributed by atoms with Crippen molar-refractivity contribution < 1.29 is 17.6 Å². The van der Waals surface area contributed by atoms with Crippen molar-refractivity contribution in [3.05, 3.63) is 23.6 Å². The first-order valence-corrected chi connectivity index (χ1v) is 5.99. The number of hydrogen-bond donors (Lipinski definition) is 0. The minimum atomic E-state index is -4.21. The minimum absolute atomic E-state index is 0.0919. The van der Waals surface area contributed by atoms with Crippen LogP contribution in [0.4, 0.5) is 23.4 Å². The number of pyridine rings is 1. The fraction of sp³-hybridized carbons (Fsp3) is 0.500. The summed E-state index contributed by atoms with van der Waals surface area (Å²) >= 11 is 0. The average Bonchev–Trinajstić information content (AvgIpc) is 2.38. The number of anilines is 1. The molecule has 0 aromatic carbocycles. The molecule has 1 aliphatic rings. The van der Waals surface area contributed by atoms with Crippen LogP contribution < -0.4 is 4.90 Å². The predicted octanol–water partition coefficient (Wildman–Crippen LogP) is 1.78. The van der Waals surface area contributed by atoms with Crippen LogP contribution in [0.5, 0.6) is 0 Å². The quantitative estimate of drug-likeness (QED) is 0.778. The van der Waals surface area contributed by atoms with Crippen LogP contribution in [0.15, 0.2) is 12.3 Å². The molecule has 0 saturated carbocycles. The molecule has 0 bridgehead atoms. The zero-order chi connectivity index (χ0) is 14.8. The molecule has 20 heavy (non-hydrogen) atoms. The van der Waals surface area contributed by atoms with Gasteiger partial charge < -0.3 is 4.90 Å². The summed E-state index contributed by atoms with van der Waals surface area (Å²) in [5.41, 5.74) is 0.0919. The number of nitriles is 1. The fourth-order valence-corrected chi connectivity index (χ4v) is 2.14. The van der Waals surface area contributed by atoms with E-state index in [1.54, 1.807) is 4.90 Å². The van der Waals surface area contributed by atoms with E-state index in [1.807, 2.05) is 6.07 Å². The number of aromatic nitrogens is 1. The standard InChI is InChI=1S/C12H12F4N4/c13-10-5-9(6-17)11(18-7-10)20-3-1-19(2-4-20)8-12(14,15)16/h5,7H,1-4,8H2. The molecule has 0 atom stereocenters. The molecule has 1 aromatic rings. The van der Waals surface area contributed by atoms with E-state index in [0.717, 1.165) is 12.3 Å². The van der Waals surface area contributed by atoms with E-state index in [4.69, 9.17) is 5.26 Å². The smallest absolute Gasteiger partial charge is 0.353 e. The molecule has 0 spiro atoms. The van der Waals surface area contributed by atoms with Crippen molar-refractivity contribution in [2.24, 2.45) is 0 Å². The molecule has 0 amide bonds. The van der Waals surface area contributed by atoms with E-state index in [2.05, 4.69) is 4.98 Å². The highest BCUT2D eigenvalue weighted by Gasteiger charge is 2.32. The van der Waals surface area contributed by atoms with Crippen LogP contribution in [-0.4, -0.2) is 48.8 Å². The minimum Gasteiger partial charge on any atom is -0.353 e. The Morgan fingerprint density at radius 3 is 2.45 bits per heavy atom. The lowest BCUT2D eigenvalue weighted by atomic mass is 10.2. The van der Waals surface area contributed by atoms with Gasteiger partial charge in [-0.1, -0.05) is 0 Å². The lowest BCUT2D eigenvalue weighted by Crippen LogP contribution is -2.49. The Morgan fingerprint density at radius 1 is 1.25 bits per heavy atom. The highest BCUT2D eigenvalue weighted by molar-refractivity contribution is 5.53. The average molecular weight is 288 g/mol. The maximum Gasteiger partial charge on any atom is 0.401 e. The number of rotatable bonds is 2. The Bertz CT molecular complexity index is 515. The third kappa shape index (κ3) is 3.57. The number of piperazine rings is 1. The van der Waals surface area contributed by atoms with Crippen LogP contribution in [-0.2, 0) is 0 Å². The molecule has 8 heteroatoms. The molecule has 4 nitrogen and oxygen atoms in total. The van der Waals surface area contributed by atoms with Crippen molar-refractivity contribution >= 4 is 5.82 Å². The maximum absolute atomic E-state index is 13.0. The van der Waals surface area contributed by atoms with Crippen LogP contribution in [0.1, 0.15) is 5.56 Å². The van der Waals surface area contributed by atoms with E-state index in [9.17, 15) is 17.6 Å². The van der Waals surface area contributed by atoms with Crippen LogP contribution in [0.25, 0.3) is 0 Å². The summed E-state index contributed by atoms with van der Waals surface area (Å²) in [6.07, 6.45) is -3.22. The zero-order valence-electron chi connectivity index (χ0n) is 10.5. The summed E-state index contributed by atoms with van der Waals surface area (Å²) in [5, 5.41) is 8.94. The van der Waals surface area contributed by atoms with Crippen molar-refractivity contribution in [1.29, 1.82) is 5.26 Å². The topological polar surface area (TPSA) is 43.2 Å². The molecule has 108 valence electrons. The summed E-state index contributed by atoms with van der Waals surface area (Å²) in [5.74, 6) is -0.290. The van der Waals surface area contributed by atoms with Gasteiger partial charge in [-0.3, -0.25) is 4.90 Å². The van der Waals surface area contributed by atoms with Crippen molar-refractivity contribution in [1.82, 2.24) is 9.88 Å². The lowest BCUT2D eigenvalue weighted by molar-refractivity contribution is -0.146. The molecule has 1 fully saturated rings. The van der Waals surface area contributed by atoms with Crippen molar-refractivity contribution in [2.75, 3.05) is 37.6 Å². The molecule has 0 N–H and O–H groups in total. The van der Waals surface area contributed by atoms with Crippen LogP contribution in [0.2, 0.25) is 0 Å². The second-order valence-corrected chi connectivity index (χ2v) is 4.51. The van der Waals surface area contributed by atoms with Crippen LogP contribution in [0.3, 0.4) is 0 Å². The number of alkyl halides is 3. The van der Waals surface area contributed by atoms with Gasteiger partial charge in [-0.25, -0.2) is 9.37 Å². The molecular formula is C12H12F4N4. The third-order valence-corrected chi connectivity index (χ3v) is 3.03. The van der Waals surface area contributed by atoms with Gasteiger partial charge in [-0.2, -0.15) is 18.4 Å². The van der Waals surface area contributed by atoms with E-state index >= 15 is 0 Å². The molecule has 2 heterocycles. The monoisotopic (exact) mass is 288 g/mol. The van der Waals surface area contributed by atoms with Crippen LogP contribution >= 0.6 is 0 Å². The Hall–Kier alpha value is -1.88. The Kier molecular flexibility index (Phi) is 4.09. The summed E-state index contributed by atoms with van der Waals surface area (Å²) in [7, 11) is 0. The largest absolute Gasteiger partial charge is 0.401 e. The summed E-state index contributed by atoms with van der Waals surface area (Å²) in [6, 6.07) is 2.92. The lowest BCUT2D eigenvalue weighted by Gasteiger charge is -2.35. The zero-order valence-corrected chi connectivity index (χ0v) is 10.5. The van der Waals surface area contributed by atoms with Gasteiger partial charge in [-0.15, -0.1) is 0 Å². The fourth-order valence-electron chi connectivity index (χ4n) is 2.14. The normalized spacial score (nSPS) is 17.1. The van der Waals surface area contributed by atoms with Gasteiger partial charge in [0.05, 0.1) is 18.3 Å². The highest BCUT2D eigenvalue weighted by Crippen LogP contribution is 2.21. The highest BCUT2D eigenvalue weighted by atomic mass is 19.4. The summed E-state index contributed by atoms with van der Waals surface area (Å²) in [6.45, 7) is 0.155. The summed E-state index contributed by atoms with van der Waals surface area (Å²) in [4.78, 5) is 6.86. The molecule has 2 rings (SSSR count). The van der Waals surface area contributed by atoms with Gasteiger partial charge in [0.2, 0.25) is 0 Å². The van der Waals surface area contributed by atoms with Crippen molar-refractivity contribution in [2.45, 2.75) is 6.18 Å². The van der Waals surface area contributed by atoms with Gasteiger partial charge in [0.1, 0.15) is 17.7 Å². The predicted molar refractivity (Wildman–Crippen MR) is 63.6 cm³/mol. The van der Waals surface area contributed by atoms with Gasteiger partial charge in [0.25, 0.3) is 0 Å². The number of halogens is 4. The van der Waals surface area contributed by atoms with Gasteiger partial charge in [0, 0.05) is 26.2 Å². The molecule has 1 aliphatic heterocycles. The summed E-state index contributed by atoms with van der Waals surface area (Å²) < 4.78 is 49.8. The van der Waals surface area contributed by atoms with E-state index < -0.39 is 18.5 Å². The van der Waals surface area contributed by atoms with Crippen LogP contribution in [0, 0.1) is 17.1 Å². The Balaban J connectivity index is 2.03. The third-order valence-electron chi connectivity index (χ3n) is 3.03. The van der Waals surface area contributed by atoms with E-state index in [1.165, 1.54) is 4.90 Å².